The zero-order valence-electron chi connectivity index (χ0n) is 11.8. The molecule has 22 heavy (non-hydrogen) atoms. The maximum atomic E-state index is 11.9. The minimum atomic E-state index is -0.847. The van der Waals surface area contributed by atoms with Crippen molar-refractivity contribution in [2.24, 2.45) is 15.7 Å². The molecule has 0 atom stereocenters. The third-order valence-corrected chi connectivity index (χ3v) is 3.33. The van der Waals surface area contributed by atoms with E-state index in [0.29, 0.717) is 15.7 Å². The lowest BCUT2D eigenvalue weighted by Crippen LogP contribution is -2.43. The fourth-order valence-corrected chi connectivity index (χ4v) is 1.98. The highest BCUT2D eigenvalue weighted by molar-refractivity contribution is 6.49. The second-order valence-corrected chi connectivity index (χ2v) is 5.52. The van der Waals surface area contributed by atoms with Gasteiger partial charge < -0.3 is 5.73 Å². The summed E-state index contributed by atoms with van der Waals surface area (Å²) >= 11 is 11.7. The predicted octanol–water partition coefficient (Wildman–Crippen LogP) is 1.66. The van der Waals surface area contributed by atoms with E-state index in [0.717, 1.165) is 4.90 Å². The molecule has 0 spiro atoms. The number of hydrogen-bond donors (Lipinski definition) is 2. The van der Waals surface area contributed by atoms with Gasteiger partial charge in [-0.3, -0.25) is 14.9 Å². The molecule has 9 heteroatoms. The zero-order chi connectivity index (χ0) is 16.4. The van der Waals surface area contributed by atoms with Gasteiger partial charge in [-0.05, 0) is 32.0 Å². The van der Waals surface area contributed by atoms with Gasteiger partial charge >= 0.3 is 11.8 Å². The van der Waals surface area contributed by atoms with Crippen LogP contribution in [0.5, 0.6) is 0 Å². The molecule has 1 saturated heterocycles. The quantitative estimate of drug-likeness (QED) is 0.486. The van der Waals surface area contributed by atoms with Crippen molar-refractivity contribution in [2.45, 2.75) is 19.9 Å². The number of carbonyl (C=O) groups excluding carboxylic acids is 2. The molecule has 3 N–H and O–H groups in total. The molecule has 0 aliphatic carbocycles. The van der Waals surface area contributed by atoms with Crippen molar-refractivity contribution in [3.05, 3.63) is 28.2 Å². The van der Waals surface area contributed by atoms with Crippen LogP contribution in [-0.2, 0) is 9.59 Å². The SMILES string of the molecule is CC(C)N=C1NC(=O)C(=O)N1C(N)=Nc1ccc(Cl)c(Cl)c1. The first-order valence-electron chi connectivity index (χ1n) is 6.32. The number of hydrogen-bond acceptors (Lipinski definition) is 4. The van der Waals surface area contributed by atoms with E-state index >= 15 is 0 Å². The summed E-state index contributed by atoms with van der Waals surface area (Å²) in [4.78, 5) is 32.5. The molecule has 1 heterocycles. The van der Waals surface area contributed by atoms with Gasteiger partial charge in [0, 0.05) is 6.04 Å². The Bertz CT molecular complexity index is 700. The molecule has 0 bridgehead atoms. The maximum absolute atomic E-state index is 11.9. The molecule has 7 nitrogen and oxygen atoms in total. The number of amides is 2. The van der Waals surface area contributed by atoms with E-state index in [1.807, 2.05) is 0 Å². The molecule has 1 aliphatic heterocycles. The molecule has 2 rings (SSSR count). The smallest absolute Gasteiger partial charge is 0.326 e. The van der Waals surface area contributed by atoms with E-state index in [4.69, 9.17) is 28.9 Å². The number of rotatable bonds is 2. The summed E-state index contributed by atoms with van der Waals surface area (Å²) in [5.74, 6) is -1.81. The van der Waals surface area contributed by atoms with Crippen molar-refractivity contribution >= 4 is 52.6 Å². The first-order valence-corrected chi connectivity index (χ1v) is 7.07. The highest BCUT2D eigenvalue weighted by Gasteiger charge is 2.38. The lowest BCUT2D eigenvalue weighted by molar-refractivity contribution is -0.138. The average molecular weight is 342 g/mol. The number of guanidine groups is 2. The average Bonchev–Trinajstić information content (AvgIpc) is 2.68. The van der Waals surface area contributed by atoms with Gasteiger partial charge in [0.2, 0.25) is 11.9 Å². The number of nitrogens with two attached hydrogens (primary N) is 1. The summed E-state index contributed by atoms with van der Waals surface area (Å²) in [6.45, 7) is 3.60. The van der Waals surface area contributed by atoms with E-state index in [1.165, 1.54) is 6.07 Å². The van der Waals surface area contributed by atoms with Crippen LogP contribution in [0.25, 0.3) is 0 Å². The van der Waals surface area contributed by atoms with Crippen LogP contribution < -0.4 is 11.1 Å². The van der Waals surface area contributed by atoms with E-state index in [2.05, 4.69) is 15.3 Å². The van der Waals surface area contributed by atoms with Gasteiger partial charge in [0.15, 0.2) is 0 Å². The second-order valence-electron chi connectivity index (χ2n) is 4.71. The summed E-state index contributed by atoms with van der Waals surface area (Å²) in [5, 5.41) is 3.02. The number of halogens is 2. The summed E-state index contributed by atoms with van der Waals surface area (Å²) in [5.41, 5.74) is 6.22. The molecule has 1 aromatic carbocycles. The van der Waals surface area contributed by atoms with Gasteiger partial charge in [0.1, 0.15) is 0 Å². The first-order chi connectivity index (χ1) is 10.3. The van der Waals surface area contributed by atoms with Crippen molar-refractivity contribution in [3.8, 4) is 0 Å². The molecule has 0 radical (unpaired) electrons. The van der Waals surface area contributed by atoms with Crippen LogP contribution in [0.1, 0.15) is 13.8 Å². The van der Waals surface area contributed by atoms with Crippen LogP contribution in [0.2, 0.25) is 10.0 Å². The summed E-state index contributed by atoms with van der Waals surface area (Å²) < 4.78 is 0. The topological polar surface area (TPSA) is 100 Å². The predicted molar refractivity (Wildman–Crippen MR) is 85.3 cm³/mol. The highest BCUT2D eigenvalue weighted by atomic mass is 35.5. The Morgan fingerprint density at radius 1 is 1.27 bits per heavy atom. The molecule has 2 amide bonds. The minimum Gasteiger partial charge on any atom is -0.369 e. The van der Waals surface area contributed by atoms with Gasteiger partial charge in [-0.25, -0.2) is 14.9 Å². The molecule has 1 aliphatic rings. The largest absolute Gasteiger partial charge is 0.369 e. The van der Waals surface area contributed by atoms with Crippen LogP contribution in [0, 0.1) is 0 Å². The summed E-state index contributed by atoms with van der Waals surface area (Å²) in [6.07, 6.45) is 0. The lowest BCUT2D eigenvalue weighted by atomic mass is 10.3. The van der Waals surface area contributed by atoms with Crippen molar-refractivity contribution in [1.29, 1.82) is 0 Å². The van der Waals surface area contributed by atoms with Crippen molar-refractivity contribution < 1.29 is 9.59 Å². The normalized spacial score (nSPS) is 17.6. The Labute approximate surface area is 136 Å². The van der Waals surface area contributed by atoms with Crippen molar-refractivity contribution in [2.75, 3.05) is 0 Å². The van der Waals surface area contributed by atoms with Crippen LogP contribution >= 0.6 is 23.2 Å². The third kappa shape index (κ3) is 3.37. The van der Waals surface area contributed by atoms with Crippen LogP contribution in [-0.4, -0.2) is 34.7 Å². The Kier molecular flexibility index (Phi) is 4.68. The van der Waals surface area contributed by atoms with E-state index in [9.17, 15) is 9.59 Å². The van der Waals surface area contributed by atoms with Crippen molar-refractivity contribution in [3.63, 3.8) is 0 Å². The molecule has 1 aromatic rings. The van der Waals surface area contributed by atoms with E-state index in [-0.39, 0.29) is 18.0 Å². The number of nitrogens with one attached hydrogen (secondary N) is 1. The standard InChI is InChI=1S/C13H13Cl2N5O2/c1-6(2)17-13-19-10(21)11(22)20(13)12(16)18-7-3-4-8(14)9(15)5-7/h3-6H,1-2H3,(H2,16,18)(H,17,19,21). The monoisotopic (exact) mass is 341 g/mol. The Morgan fingerprint density at radius 3 is 2.55 bits per heavy atom. The van der Waals surface area contributed by atoms with Crippen molar-refractivity contribution in [1.82, 2.24) is 10.2 Å². The Morgan fingerprint density at radius 2 is 1.95 bits per heavy atom. The summed E-state index contributed by atoms with van der Waals surface area (Å²) in [6, 6.07) is 4.48. The van der Waals surface area contributed by atoms with Crippen LogP contribution in [0.3, 0.4) is 0 Å². The third-order valence-electron chi connectivity index (χ3n) is 2.59. The fourth-order valence-electron chi connectivity index (χ4n) is 1.69. The number of aliphatic imine (C=N–C) groups is 2. The first kappa shape index (κ1) is 16.3. The van der Waals surface area contributed by atoms with Gasteiger partial charge in [-0.15, -0.1) is 0 Å². The molecule has 0 saturated carbocycles. The van der Waals surface area contributed by atoms with Gasteiger partial charge in [-0.1, -0.05) is 23.2 Å². The van der Waals surface area contributed by atoms with Gasteiger partial charge in [-0.2, -0.15) is 0 Å². The number of nitrogens with zero attached hydrogens (tertiary/aromatic N) is 3. The molecular weight excluding hydrogens is 329 g/mol. The van der Waals surface area contributed by atoms with Gasteiger partial charge in [0.25, 0.3) is 0 Å². The Hall–Kier alpha value is -2.12. The fraction of sp³-hybridized carbons (Fsp3) is 0.231. The highest BCUT2D eigenvalue weighted by Crippen LogP contribution is 2.26. The van der Waals surface area contributed by atoms with E-state index in [1.54, 1.807) is 26.0 Å². The summed E-state index contributed by atoms with van der Waals surface area (Å²) in [7, 11) is 0. The van der Waals surface area contributed by atoms with Crippen LogP contribution in [0.4, 0.5) is 5.69 Å². The maximum Gasteiger partial charge on any atom is 0.326 e. The molecule has 1 fully saturated rings. The molecular formula is C13H13Cl2N5O2. The van der Waals surface area contributed by atoms with Gasteiger partial charge in [0.05, 0.1) is 15.7 Å². The minimum absolute atomic E-state index is 0.0475. The molecule has 0 unspecified atom stereocenters. The zero-order valence-corrected chi connectivity index (χ0v) is 13.3. The Balaban J connectivity index is 2.38. The second kappa shape index (κ2) is 6.33. The number of carbonyl (C=O) groups is 2. The van der Waals surface area contributed by atoms with Crippen LogP contribution in [0.15, 0.2) is 28.2 Å². The molecule has 0 aromatic heterocycles. The molecule has 116 valence electrons. The lowest BCUT2D eigenvalue weighted by Gasteiger charge is -2.14. The number of benzene rings is 1. The van der Waals surface area contributed by atoms with E-state index < -0.39 is 11.8 Å².